The van der Waals surface area contributed by atoms with Gasteiger partial charge in [-0.2, -0.15) is 15.3 Å². The third-order valence-corrected chi connectivity index (χ3v) is 5.74. The van der Waals surface area contributed by atoms with Crippen LogP contribution in [-0.2, 0) is 4.79 Å². The fourth-order valence-electron chi connectivity index (χ4n) is 4.51. The molecular formula is C22H24N6O3. The summed E-state index contributed by atoms with van der Waals surface area (Å²) in [5, 5.41) is 16.8. The van der Waals surface area contributed by atoms with E-state index in [0.29, 0.717) is 47.1 Å². The summed E-state index contributed by atoms with van der Waals surface area (Å²) < 4.78 is 11.1. The fourth-order valence-corrected chi connectivity index (χ4v) is 4.51. The van der Waals surface area contributed by atoms with Crippen molar-refractivity contribution in [3.05, 3.63) is 52.8 Å². The summed E-state index contributed by atoms with van der Waals surface area (Å²) in [5.74, 6) is 0.837. The predicted octanol–water partition coefficient (Wildman–Crippen LogP) is 2.76. The van der Waals surface area contributed by atoms with E-state index in [2.05, 4.69) is 21.3 Å². The molecule has 9 nitrogen and oxygen atoms in total. The van der Waals surface area contributed by atoms with Gasteiger partial charge in [0.2, 0.25) is 5.95 Å². The van der Waals surface area contributed by atoms with E-state index in [1.54, 1.807) is 18.1 Å². The average Bonchev–Trinajstić information content (AvgIpc) is 3.25. The number of rotatable bonds is 4. The van der Waals surface area contributed by atoms with Crippen LogP contribution >= 0.6 is 0 Å². The second-order valence-corrected chi connectivity index (χ2v) is 8.37. The van der Waals surface area contributed by atoms with Gasteiger partial charge in [0.15, 0.2) is 17.3 Å². The first-order valence-corrected chi connectivity index (χ1v) is 9.85. The number of ether oxygens (including phenoxy) is 2. The summed E-state index contributed by atoms with van der Waals surface area (Å²) in [6.45, 7) is 4.07. The van der Waals surface area contributed by atoms with Crippen molar-refractivity contribution in [3.8, 4) is 17.6 Å². The number of carbonyl (C=O) groups excluding carboxylic acids is 1. The largest absolute Gasteiger partial charge is 0.493 e. The number of nitrogens with zero attached hydrogens (tertiary/aromatic N) is 4. The highest BCUT2D eigenvalue weighted by Gasteiger charge is 2.46. The number of nitrogens with two attached hydrogens (primary N) is 1. The molecular weight excluding hydrogens is 396 g/mol. The molecule has 0 radical (unpaired) electrons. The minimum absolute atomic E-state index is 0.0362. The molecule has 2 aliphatic rings. The number of H-pyrrole nitrogens is 1. The van der Waals surface area contributed by atoms with Gasteiger partial charge < -0.3 is 15.2 Å². The molecule has 2 heterocycles. The van der Waals surface area contributed by atoms with Crippen LogP contribution in [0.4, 0.5) is 5.95 Å². The summed E-state index contributed by atoms with van der Waals surface area (Å²) in [4.78, 5) is 19.4. The Balaban J connectivity index is 2.03. The molecule has 3 N–H and O–H groups in total. The Labute approximate surface area is 180 Å². The molecule has 0 amide bonds. The normalized spacial score (nSPS) is 20.4. The smallest absolute Gasteiger partial charge is 0.231 e. The lowest BCUT2D eigenvalue weighted by atomic mass is 9.68. The number of aromatic amines is 1. The van der Waals surface area contributed by atoms with Gasteiger partial charge in [-0.1, -0.05) is 26.0 Å². The van der Waals surface area contributed by atoms with Crippen LogP contribution in [0.1, 0.15) is 38.2 Å². The SMILES string of the molecule is COc1cccc(C2C(C#N)=C(N)N(c3ncn[nH]3)C3=C2C(=O)CC(C)(C)C3)c1OC. The maximum Gasteiger partial charge on any atom is 0.231 e. The monoisotopic (exact) mass is 420 g/mol. The van der Waals surface area contributed by atoms with Crippen molar-refractivity contribution in [2.75, 3.05) is 19.1 Å². The van der Waals surface area contributed by atoms with Crippen LogP contribution < -0.4 is 20.1 Å². The van der Waals surface area contributed by atoms with E-state index in [-0.39, 0.29) is 22.6 Å². The Morgan fingerprint density at radius 2 is 2.06 bits per heavy atom. The van der Waals surface area contributed by atoms with Crippen molar-refractivity contribution < 1.29 is 14.3 Å². The zero-order chi connectivity index (χ0) is 22.3. The molecule has 160 valence electrons. The van der Waals surface area contributed by atoms with Crippen LogP contribution in [0.2, 0.25) is 0 Å². The van der Waals surface area contributed by atoms with E-state index >= 15 is 0 Å². The van der Waals surface area contributed by atoms with Gasteiger partial charge in [0.05, 0.1) is 31.8 Å². The molecule has 0 spiro atoms. The maximum atomic E-state index is 13.5. The lowest BCUT2D eigenvalue weighted by molar-refractivity contribution is -0.118. The molecule has 0 fully saturated rings. The second kappa shape index (κ2) is 7.47. The lowest BCUT2D eigenvalue weighted by Crippen LogP contribution is -2.42. The topological polar surface area (TPSA) is 130 Å². The second-order valence-electron chi connectivity index (χ2n) is 8.37. The standard InChI is InChI=1S/C22H24N6O3/c1-22(2)8-14-18(15(29)9-22)17(12-6-5-7-16(30-3)19(12)31-4)13(10-23)20(24)28(14)21-25-11-26-27-21/h5-7,11,17H,8-9,24H2,1-4H3,(H,25,26,27). The molecule has 1 aliphatic carbocycles. The van der Waals surface area contributed by atoms with Crippen LogP contribution in [0.3, 0.4) is 0 Å². The minimum Gasteiger partial charge on any atom is -0.493 e. The van der Waals surface area contributed by atoms with E-state index in [1.807, 2.05) is 26.0 Å². The van der Waals surface area contributed by atoms with Gasteiger partial charge in [-0.3, -0.25) is 9.69 Å². The van der Waals surface area contributed by atoms with Gasteiger partial charge >= 0.3 is 0 Å². The Morgan fingerprint density at radius 1 is 1.29 bits per heavy atom. The summed E-state index contributed by atoms with van der Waals surface area (Å²) in [6.07, 6.45) is 2.30. The Kier molecular flexibility index (Phi) is 4.93. The Hall–Kier alpha value is -3.80. The van der Waals surface area contributed by atoms with E-state index < -0.39 is 5.92 Å². The summed E-state index contributed by atoms with van der Waals surface area (Å²) in [7, 11) is 3.08. The highest BCUT2D eigenvalue weighted by atomic mass is 16.5. The first-order chi connectivity index (χ1) is 14.8. The number of allylic oxidation sites excluding steroid dienone is 3. The zero-order valence-electron chi connectivity index (χ0n) is 17.9. The van der Waals surface area contributed by atoms with Crippen molar-refractivity contribution in [1.29, 1.82) is 5.26 Å². The number of benzene rings is 1. The van der Waals surface area contributed by atoms with E-state index in [9.17, 15) is 10.1 Å². The maximum absolute atomic E-state index is 13.5. The molecule has 31 heavy (non-hydrogen) atoms. The van der Waals surface area contributed by atoms with Crippen molar-refractivity contribution in [2.24, 2.45) is 11.1 Å². The molecule has 1 atom stereocenters. The Bertz CT molecular complexity index is 1140. The molecule has 1 aromatic carbocycles. The van der Waals surface area contributed by atoms with E-state index in [0.717, 1.165) is 0 Å². The van der Waals surface area contributed by atoms with Crippen molar-refractivity contribution in [1.82, 2.24) is 15.2 Å². The zero-order valence-corrected chi connectivity index (χ0v) is 17.9. The highest BCUT2D eigenvalue weighted by molar-refractivity contribution is 6.01. The number of aromatic nitrogens is 3. The van der Waals surface area contributed by atoms with Crippen LogP contribution in [0.15, 0.2) is 47.2 Å². The number of nitriles is 1. The number of hydrogen-bond donors (Lipinski definition) is 2. The van der Waals surface area contributed by atoms with Gasteiger partial charge in [0, 0.05) is 23.3 Å². The number of carbonyl (C=O) groups is 1. The quantitative estimate of drug-likeness (QED) is 0.772. The van der Waals surface area contributed by atoms with Crippen LogP contribution in [0.5, 0.6) is 11.5 Å². The molecule has 0 saturated carbocycles. The first kappa shape index (κ1) is 20.5. The van der Waals surface area contributed by atoms with Crippen molar-refractivity contribution in [3.63, 3.8) is 0 Å². The van der Waals surface area contributed by atoms with Crippen LogP contribution in [0.25, 0.3) is 0 Å². The van der Waals surface area contributed by atoms with Crippen LogP contribution in [0, 0.1) is 16.7 Å². The molecule has 0 bridgehead atoms. The number of Topliss-reactive ketones (excluding diaryl/α,β-unsaturated/α-hetero) is 1. The summed E-state index contributed by atoms with van der Waals surface area (Å²) >= 11 is 0. The number of ketones is 1. The highest BCUT2D eigenvalue weighted by Crippen LogP contribution is 2.52. The number of para-hydroxylation sites is 1. The van der Waals surface area contributed by atoms with Crippen LogP contribution in [-0.4, -0.2) is 35.2 Å². The van der Waals surface area contributed by atoms with Crippen molar-refractivity contribution >= 4 is 11.7 Å². The molecule has 1 aliphatic heterocycles. The van der Waals surface area contributed by atoms with Gasteiger partial charge in [-0.25, -0.2) is 5.10 Å². The summed E-state index contributed by atoms with van der Waals surface area (Å²) in [6, 6.07) is 7.63. The third-order valence-electron chi connectivity index (χ3n) is 5.74. The molecule has 1 unspecified atom stereocenters. The molecule has 4 rings (SSSR count). The fraction of sp³-hybridized carbons (Fsp3) is 0.364. The number of nitrogens with one attached hydrogen (secondary N) is 1. The summed E-state index contributed by atoms with van der Waals surface area (Å²) in [5.41, 5.74) is 8.39. The average molecular weight is 420 g/mol. The third kappa shape index (κ3) is 3.20. The van der Waals surface area contributed by atoms with Gasteiger partial charge in [-0.05, 0) is 17.9 Å². The van der Waals surface area contributed by atoms with Gasteiger partial charge in [-0.15, -0.1) is 0 Å². The van der Waals surface area contributed by atoms with E-state index in [1.165, 1.54) is 13.4 Å². The van der Waals surface area contributed by atoms with E-state index in [4.69, 9.17) is 15.2 Å². The van der Waals surface area contributed by atoms with Gasteiger partial charge in [0.25, 0.3) is 0 Å². The number of anilines is 1. The number of methoxy groups -OCH3 is 2. The first-order valence-electron chi connectivity index (χ1n) is 9.85. The predicted molar refractivity (Wildman–Crippen MR) is 113 cm³/mol. The molecule has 1 aromatic heterocycles. The molecule has 2 aromatic rings. The van der Waals surface area contributed by atoms with Gasteiger partial charge in [0.1, 0.15) is 12.1 Å². The lowest BCUT2D eigenvalue weighted by Gasteiger charge is -2.42. The minimum atomic E-state index is -0.673. The Morgan fingerprint density at radius 3 is 2.68 bits per heavy atom. The van der Waals surface area contributed by atoms with Crippen molar-refractivity contribution in [2.45, 2.75) is 32.6 Å². The number of hydrogen-bond acceptors (Lipinski definition) is 8. The molecule has 9 heteroatoms. The molecule has 0 saturated heterocycles.